The number of carbonyl (C=O) groups is 3. The molecule has 0 aliphatic carbocycles. The Kier molecular flexibility index (Phi) is 6.08. The highest BCUT2D eigenvalue weighted by atomic mass is 16.5. The number of amides is 1. The zero-order valence-corrected chi connectivity index (χ0v) is 15.6. The first kappa shape index (κ1) is 19.9. The molecule has 0 aliphatic heterocycles. The molecule has 3 rings (SSSR count). The number of hydrogen-bond donors (Lipinski definition) is 2. The quantitative estimate of drug-likeness (QED) is 0.346. The van der Waals surface area contributed by atoms with Crippen LogP contribution in [0.3, 0.4) is 0 Å². The number of aromatic nitrogens is 2. The standard InChI is InChI=1S/C20H19N3O6/c1-28-20(26)17(10-14-11-21-16-5-3-2-4-15(14)16)22-18(24)12-29-19(25)13-6-8-23(27)9-7-13/h2-9,11,17,21H,10,12H2,1H3,(H,22,24)/t17-/m1/s1. The van der Waals surface area contributed by atoms with Crippen LogP contribution in [-0.4, -0.2) is 42.6 Å². The third-order valence-electron chi connectivity index (χ3n) is 4.29. The minimum atomic E-state index is -0.943. The van der Waals surface area contributed by atoms with Crippen molar-refractivity contribution in [3.05, 3.63) is 71.3 Å². The monoisotopic (exact) mass is 397 g/mol. The Morgan fingerprint density at radius 1 is 1.17 bits per heavy atom. The summed E-state index contributed by atoms with van der Waals surface area (Å²) in [5, 5.41) is 14.5. The topological polar surface area (TPSA) is 124 Å². The summed E-state index contributed by atoms with van der Waals surface area (Å²) in [6.45, 7) is -0.577. The maximum atomic E-state index is 12.2. The molecule has 1 atom stereocenters. The van der Waals surface area contributed by atoms with Gasteiger partial charge in [0.25, 0.3) is 5.91 Å². The lowest BCUT2D eigenvalue weighted by Gasteiger charge is -2.16. The van der Waals surface area contributed by atoms with E-state index in [2.05, 4.69) is 10.3 Å². The van der Waals surface area contributed by atoms with Crippen LogP contribution >= 0.6 is 0 Å². The SMILES string of the molecule is COC(=O)[C@@H](Cc1c[nH]c2ccccc12)NC(=O)COC(=O)c1cc[n+]([O-])cc1. The van der Waals surface area contributed by atoms with E-state index in [4.69, 9.17) is 9.47 Å². The molecule has 0 unspecified atom stereocenters. The first-order chi connectivity index (χ1) is 14.0. The average molecular weight is 397 g/mol. The molecule has 150 valence electrons. The van der Waals surface area contributed by atoms with Gasteiger partial charge in [0.05, 0.1) is 12.7 Å². The molecule has 0 spiro atoms. The molecule has 0 saturated heterocycles. The molecule has 0 aliphatic rings. The number of para-hydroxylation sites is 1. The fraction of sp³-hybridized carbons (Fsp3) is 0.200. The average Bonchev–Trinajstić information content (AvgIpc) is 3.14. The number of carbonyl (C=O) groups excluding carboxylic acids is 3. The van der Waals surface area contributed by atoms with Crippen LogP contribution in [0, 0.1) is 5.21 Å². The van der Waals surface area contributed by atoms with E-state index >= 15 is 0 Å². The lowest BCUT2D eigenvalue weighted by Crippen LogP contribution is -2.44. The number of benzene rings is 1. The fourth-order valence-corrected chi connectivity index (χ4v) is 2.86. The summed E-state index contributed by atoms with van der Waals surface area (Å²) in [6.07, 6.45) is 4.26. The van der Waals surface area contributed by atoms with Crippen molar-refractivity contribution in [2.24, 2.45) is 0 Å². The maximum Gasteiger partial charge on any atom is 0.339 e. The Labute approximate surface area is 165 Å². The third kappa shape index (κ3) is 4.89. The van der Waals surface area contributed by atoms with Crippen molar-refractivity contribution in [2.75, 3.05) is 13.7 Å². The summed E-state index contributed by atoms with van der Waals surface area (Å²) in [7, 11) is 1.23. The number of rotatable bonds is 7. The van der Waals surface area contributed by atoms with Gasteiger partial charge in [-0.2, -0.15) is 4.73 Å². The predicted molar refractivity (Wildman–Crippen MR) is 102 cm³/mol. The van der Waals surface area contributed by atoms with Crippen molar-refractivity contribution in [1.82, 2.24) is 10.3 Å². The van der Waals surface area contributed by atoms with Gasteiger partial charge in [0, 0.05) is 35.7 Å². The lowest BCUT2D eigenvalue weighted by atomic mass is 10.0. The van der Waals surface area contributed by atoms with Crippen LogP contribution in [0.5, 0.6) is 0 Å². The van der Waals surface area contributed by atoms with Crippen molar-refractivity contribution in [3.8, 4) is 0 Å². The Balaban J connectivity index is 1.62. The summed E-state index contributed by atoms with van der Waals surface area (Å²) in [6, 6.07) is 9.19. The van der Waals surface area contributed by atoms with Crippen LogP contribution in [0.15, 0.2) is 55.0 Å². The number of methoxy groups -OCH3 is 1. The van der Waals surface area contributed by atoms with E-state index < -0.39 is 30.5 Å². The molecule has 1 amide bonds. The molecule has 29 heavy (non-hydrogen) atoms. The van der Waals surface area contributed by atoms with Crippen LogP contribution < -0.4 is 10.0 Å². The molecule has 9 nitrogen and oxygen atoms in total. The van der Waals surface area contributed by atoms with Gasteiger partial charge in [-0.15, -0.1) is 0 Å². The first-order valence-corrected chi connectivity index (χ1v) is 8.76. The number of fused-ring (bicyclic) bond motifs is 1. The second-order valence-corrected chi connectivity index (χ2v) is 6.23. The number of nitrogens with zero attached hydrogens (tertiary/aromatic N) is 1. The van der Waals surface area contributed by atoms with Gasteiger partial charge in [0.2, 0.25) is 0 Å². The Hall–Kier alpha value is -3.88. The summed E-state index contributed by atoms with van der Waals surface area (Å²) in [5.74, 6) is -2.02. The molecule has 9 heteroatoms. The van der Waals surface area contributed by atoms with Crippen molar-refractivity contribution < 1.29 is 28.6 Å². The first-order valence-electron chi connectivity index (χ1n) is 8.76. The molecule has 2 N–H and O–H groups in total. The minimum absolute atomic E-state index is 0.133. The fourth-order valence-electron chi connectivity index (χ4n) is 2.86. The Bertz CT molecular complexity index is 1030. The highest BCUT2D eigenvalue weighted by Gasteiger charge is 2.24. The normalized spacial score (nSPS) is 11.6. The molecule has 0 saturated carbocycles. The van der Waals surface area contributed by atoms with Gasteiger partial charge in [-0.05, 0) is 11.6 Å². The number of pyridine rings is 1. The van der Waals surface area contributed by atoms with Crippen LogP contribution in [0.4, 0.5) is 0 Å². The van der Waals surface area contributed by atoms with Crippen molar-refractivity contribution in [2.45, 2.75) is 12.5 Å². The molecule has 2 aromatic heterocycles. The molecular formula is C20H19N3O6. The molecule has 3 aromatic rings. The van der Waals surface area contributed by atoms with E-state index in [0.29, 0.717) is 4.73 Å². The minimum Gasteiger partial charge on any atom is -0.619 e. The second kappa shape index (κ2) is 8.87. The predicted octanol–water partition coefficient (Wildman–Crippen LogP) is 0.859. The largest absolute Gasteiger partial charge is 0.619 e. The Morgan fingerprint density at radius 2 is 1.90 bits per heavy atom. The summed E-state index contributed by atoms with van der Waals surface area (Å²) >= 11 is 0. The van der Waals surface area contributed by atoms with Crippen molar-refractivity contribution >= 4 is 28.7 Å². The lowest BCUT2D eigenvalue weighted by molar-refractivity contribution is -0.605. The highest BCUT2D eigenvalue weighted by molar-refractivity contribution is 5.92. The van der Waals surface area contributed by atoms with Gasteiger partial charge < -0.3 is 25.0 Å². The van der Waals surface area contributed by atoms with Gasteiger partial charge in [0.1, 0.15) is 6.04 Å². The number of ether oxygens (including phenoxy) is 2. The number of nitrogens with one attached hydrogen (secondary N) is 2. The summed E-state index contributed by atoms with van der Waals surface area (Å²) in [4.78, 5) is 39.3. The van der Waals surface area contributed by atoms with Crippen LogP contribution in [0.25, 0.3) is 10.9 Å². The van der Waals surface area contributed by atoms with E-state index in [1.807, 2.05) is 24.3 Å². The molecule has 0 radical (unpaired) electrons. The van der Waals surface area contributed by atoms with E-state index in [9.17, 15) is 19.6 Å². The van der Waals surface area contributed by atoms with Gasteiger partial charge in [-0.3, -0.25) is 4.79 Å². The molecule has 0 fully saturated rings. The molecule has 1 aromatic carbocycles. The van der Waals surface area contributed by atoms with Gasteiger partial charge in [-0.1, -0.05) is 18.2 Å². The zero-order valence-electron chi connectivity index (χ0n) is 15.6. The van der Waals surface area contributed by atoms with Gasteiger partial charge >= 0.3 is 11.9 Å². The number of aromatic amines is 1. The Morgan fingerprint density at radius 3 is 2.62 bits per heavy atom. The molecule has 2 heterocycles. The van der Waals surface area contributed by atoms with Gasteiger partial charge in [0.15, 0.2) is 19.0 Å². The van der Waals surface area contributed by atoms with Crippen molar-refractivity contribution in [3.63, 3.8) is 0 Å². The summed E-state index contributed by atoms with van der Waals surface area (Å²) < 4.78 is 10.2. The van der Waals surface area contributed by atoms with Crippen LogP contribution in [0.1, 0.15) is 15.9 Å². The van der Waals surface area contributed by atoms with Gasteiger partial charge in [-0.25, -0.2) is 9.59 Å². The third-order valence-corrected chi connectivity index (χ3v) is 4.29. The van der Waals surface area contributed by atoms with Crippen molar-refractivity contribution in [1.29, 1.82) is 0 Å². The molecule has 0 bridgehead atoms. The number of H-pyrrole nitrogens is 1. The van der Waals surface area contributed by atoms with E-state index in [1.165, 1.54) is 19.2 Å². The second-order valence-electron chi connectivity index (χ2n) is 6.23. The molecular weight excluding hydrogens is 378 g/mol. The number of esters is 2. The van der Waals surface area contributed by atoms with E-state index in [-0.39, 0.29) is 12.0 Å². The van der Waals surface area contributed by atoms with E-state index in [1.54, 1.807) is 6.20 Å². The van der Waals surface area contributed by atoms with E-state index in [0.717, 1.165) is 28.9 Å². The van der Waals surface area contributed by atoms with Crippen LogP contribution in [0.2, 0.25) is 0 Å². The maximum absolute atomic E-state index is 12.2. The smallest absolute Gasteiger partial charge is 0.339 e. The number of hydrogen-bond acceptors (Lipinski definition) is 6. The highest BCUT2D eigenvalue weighted by Crippen LogP contribution is 2.19. The zero-order chi connectivity index (χ0) is 20.8. The summed E-state index contributed by atoms with van der Waals surface area (Å²) in [5.41, 5.74) is 1.88. The van der Waals surface area contributed by atoms with Crippen LogP contribution in [-0.2, 0) is 25.5 Å².